The van der Waals surface area contributed by atoms with Gasteiger partial charge in [-0.2, -0.15) is 5.10 Å². The third-order valence-electron chi connectivity index (χ3n) is 3.52. The third-order valence-corrected chi connectivity index (χ3v) is 3.52. The van der Waals surface area contributed by atoms with Crippen molar-refractivity contribution in [3.8, 4) is 0 Å². The van der Waals surface area contributed by atoms with E-state index in [0.29, 0.717) is 16.7 Å². The van der Waals surface area contributed by atoms with E-state index in [1.165, 1.54) is 10.9 Å². The lowest BCUT2D eigenvalue weighted by atomic mass is 9.96. The van der Waals surface area contributed by atoms with Gasteiger partial charge in [-0.3, -0.25) is 9.48 Å². The molecule has 7 heteroatoms. The van der Waals surface area contributed by atoms with Crippen LogP contribution in [-0.4, -0.2) is 33.4 Å². The van der Waals surface area contributed by atoms with E-state index in [1.807, 2.05) is 0 Å². The normalized spacial score (nSPS) is 10.6. The Balaban J connectivity index is 2.17. The van der Waals surface area contributed by atoms with Gasteiger partial charge in [0.25, 0.3) is 5.91 Å². The van der Waals surface area contributed by atoms with Crippen LogP contribution in [0, 0.1) is 13.8 Å². The summed E-state index contributed by atoms with van der Waals surface area (Å²) in [5.41, 5.74) is 2.01. The molecule has 1 amide bonds. The van der Waals surface area contributed by atoms with Crippen LogP contribution in [0.4, 0.5) is 4.39 Å². The van der Waals surface area contributed by atoms with Crippen molar-refractivity contribution in [1.82, 2.24) is 15.1 Å². The maximum atomic E-state index is 12.4. The molecular weight excluding hydrogens is 301 g/mol. The molecule has 1 heterocycles. The number of aromatic carboxylic acids is 1. The molecule has 122 valence electrons. The highest BCUT2D eigenvalue weighted by Crippen LogP contribution is 2.19. The Bertz CT molecular complexity index is 740. The van der Waals surface area contributed by atoms with Crippen molar-refractivity contribution in [2.45, 2.75) is 26.9 Å². The lowest BCUT2D eigenvalue weighted by molar-refractivity contribution is 0.0690. The second-order valence-corrected chi connectivity index (χ2v) is 5.24. The molecule has 2 aromatic rings. The summed E-state index contributed by atoms with van der Waals surface area (Å²) in [5.74, 6) is -1.59. The number of carbonyl (C=O) groups is 2. The SMILES string of the molecule is Cc1ccc(C)c(C(=O)NCc2cnn(CCF)c2)c1C(=O)O. The van der Waals surface area contributed by atoms with Gasteiger partial charge in [0.1, 0.15) is 6.67 Å². The average molecular weight is 319 g/mol. The van der Waals surface area contributed by atoms with Gasteiger partial charge >= 0.3 is 5.97 Å². The van der Waals surface area contributed by atoms with Crippen molar-refractivity contribution in [3.05, 3.63) is 52.3 Å². The molecule has 0 fully saturated rings. The van der Waals surface area contributed by atoms with Crippen LogP contribution in [0.5, 0.6) is 0 Å². The van der Waals surface area contributed by atoms with Crippen molar-refractivity contribution in [2.24, 2.45) is 0 Å². The maximum absolute atomic E-state index is 12.4. The molecule has 6 nitrogen and oxygen atoms in total. The van der Waals surface area contributed by atoms with Crippen molar-refractivity contribution in [1.29, 1.82) is 0 Å². The number of hydrogen-bond donors (Lipinski definition) is 2. The number of hydrogen-bond acceptors (Lipinski definition) is 3. The van der Waals surface area contributed by atoms with Crippen LogP contribution >= 0.6 is 0 Å². The summed E-state index contributed by atoms with van der Waals surface area (Å²) in [5, 5.41) is 16.0. The summed E-state index contributed by atoms with van der Waals surface area (Å²) in [6.07, 6.45) is 3.18. The van der Waals surface area contributed by atoms with E-state index < -0.39 is 18.6 Å². The van der Waals surface area contributed by atoms with Gasteiger partial charge in [0, 0.05) is 18.3 Å². The minimum atomic E-state index is -1.13. The van der Waals surface area contributed by atoms with E-state index in [2.05, 4.69) is 10.4 Å². The van der Waals surface area contributed by atoms with E-state index in [4.69, 9.17) is 0 Å². The lowest BCUT2D eigenvalue weighted by Crippen LogP contribution is -2.26. The Labute approximate surface area is 132 Å². The molecule has 0 bridgehead atoms. The van der Waals surface area contributed by atoms with E-state index in [9.17, 15) is 19.1 Å². The fourth-order valence-corrected chi connectivity index (χ4v) is 2.36. The van der Waals surface area contributed by atoms with Gasteiger partial charge in [-0.1, -0.05) is 12.1 Å². The molecular formula is C16H18FN3O3. The van der Waals surface area contributed by atoms with Gasteiger partial charge in [0.05, 0.1) is 23.9 Å². The quantitative estimate of drug-likeness (QED) is 0.854. The number of nitrogens with one attached hydrogen (secondary N) is 1. The van der Waals surface area contributed by atoms with Gasteiger partial charge in [-0.25, -0.2) is 9.18 Å². The Morgan fingerprint density at radius 1 is 1.26 bits per heavy atom. The molecule has 0 saturated heterocycles. The highest BCUT2D eigenvalue weighted by atomic mass is 19.1. The molecule has 2 N–H and O–H groups in total. The van der Waals surface area contributed by atoms with Crippen molar-refractivity contribution < 1.29 is 19.1 Å². The van der Waals surface area contributed by atoms with Gasteiger partial charge in [0.15, 0.2) is 0 Å². The summed E-state index contributed by atoms with van der Waals surface area (Å²) < 4.78 is 13.7. The standard InChI is InChI=1S/C16H18FN3O3/c1-10-3-4-11(2)14(16(22)23)13(10)15(21)18-7-12-8-19-20(9-12)6-5-17/h3-4,8-9H,5-7H2,1-2H3,(H,18,21)(H,22,23). The van der Waals surface area contributed by atoms with Crippen molar-refractivity contribution in [2.75, 3.05) is 6.67 Å². The summed E-state index contributed by atoms with van der Waals surface area (Å²) >= 11 is 0. The zero-order valence-electron chi connectivity index (χ0n) is 13.0. The molecule has 1 aromatic carbocycles. The molecule has 0 atom stereocenters. The first-order valence-electron chi connectivity index (χ1n) is 7.13. The largest absolute Gasteiger partial charge is 0.478 e. The number of rotatable bonds is 6. The number of halogens is 1. The molecule has 0 spiro atoms. The maximum Gasteiger partial charge on any atom is 0.336 e. The highest BCUT2D eigenvalue weighted by molar-refractivity contribution is 6.06. The number of carbonyl (C=O) groups excluding carboxylic acids is 1. The van der Waals surface area contributed by atoms with Crippen molar-refractivity contribution in [3.63, 3.8) is 0 Å². The summed E-state index contributed by atoms with van der Waals surface area (Å²) in [7, 11) is 0. The number of aromatic nitrogens is 2. The zero-order valence-corrected chi connectivity index (χ0v) is 13.0. The van der Waals surface area contributed by atoms with Crippen LogP contribution in [0.1, 0.15) is 37.4 Å². The molecule has 0 radical (unpaired) electrons. The topological polar surface area (TPSA) is 84.2 Å². The molecule has 0 saturated carbocycles. The predicted molar refractivity (Wildman–Crippen MR) is 82.2 cm³/mol. The minimum Gasteiger partial charge on any atom is -0.478 e. The third kappa shape index (κ3) is 3.74. The highest BCUT2D eigenvalue weighted by Gasteiger charge is 2.21. The molecule has 23 heavy (non-hydrogen) atoms. The number of carboxylic acid groups (broad SMARTS) is 1. The first-order chi connectivity index (χ1) is 10.9. The van der Waals surface area contributed by atoms with E-state index in [0.717, 1.165) is 0 Å². The number of amides is 1. The molecule has 1 aromatic heterocycles. The lowest BCUT2D eigenvalue weighted by Gasteiger charge is -2.12. The van der Waals surface area contributed by atoms with E-state index >= 15 is 0 Å². The monoisotopic (exact) mass is 319 g/mol. The Morgan fingerprint density at radius 2 is 1.91 bits per heavy atom. The summed E-state index contributed by atoms with van der Waals surface area (Å²) in [6, 6.07) is 3.40. The predicted octanol–water partition coefficient (Wildman–Crippen LogP) is 2.10. The van der Waals surface area contributed by atoms with Gasteiger partial charge in [0.2, 0.25) is 0 Å². The van der Waals surface area contributed by atoms with Gasteiger partial charge < -0.3 is 10.4 Å². The van der Waals surface area contributed by atoms with Crippen LogP contribution in [0.15, 0.2) is 24.5 Å². The number of alkyl halides is 1. The van der Waals surface area contributed by atoms with Crippen LogP contribution in [0.3, 0.4) is 0 Å². The summed E-state index contributed by atoms with van der Waals surface area (Å²) in [6.45, 7) is 3.18. The number of nitrogens with zero attached hydrogens (tertiary/aromatic N) is 2. The Kier molecular flexibility index (Phi) is 5.10. The minimum absolute atomic E-state index is 0.00984. The number of aryl methyl sites for hydroxylation is 3. The molecule has 0 aliphatic rings. The van der Waals surface area contributed by atoms with Crippen LogP contribution in [-0.2, 0) is 13.1 Å². The first-order valence-corrected chi connectivity index (χ1v) is 7.13. The first kappa shape index (κ1) is 16.7. The number of carboxylic acids is 1. The smallest absolute Gasteiger partial charge is 0.336 e. The Hall–Kier alpha value is -2.70. The average Bonchev–Trinajstić information content (AvgIpc) is 2.94. The second kappa shape index (κ2) is 7.04. The zero-order chi connectivity index (χ0) is 17.0. The fraction of sp³-hybridized carbons (Fsp3) is 0.312. The molecule has 0 aliphatic carbocycles. The molecule has 0 unspecified atom stereocenters. The van der Waals surface area contributed by atoms with Crippen molar-refractivity contribution >= 4 is 11.9 Å². The van der Waals surface area contributed by atoms with Crippen LogP contribution in [0.2, 0.25) is 0 Å². The second-order valence-electron chi connectivity index (χ2n) is 5.24. The molecule has 2 rings (SSSR count). The summed E-state index contributed by atoms with van der Waals surface area (Å²) in [4.78, 5) is 23.8. The van der Waals surface area contributed by atoms with E-state index in [1.54, 1.807) is 32.2 Å². The van der Waals surface area contributed by atoms with Gasteiger partial charge in [-0.15, -0.1) is 0 Å². The van der Waals surface area contributed by atoms with E-state index in [-0.39, 0.29) is 24.2 Å². The number of benzene rings is 1. The fourth-order valence-electron chi connectivity index (χ4n) is 2.36. The van der Waals surface area contributed by atoms with Crippen LogP contribution in [0.25, 0.3) is 0 Å². The van der Waals surface area contributed by atoms with Gasteiger partial charge in [-0.05, 0) is 25.0 Å². The molecule has 0 aliphatic heterocycles. The van der Waals surface area contributed by atoms with Crippen LogP contribution < -0.4 is 5.32 Å². The Morgan fingerprint density at radius 3 is 2.52 bits per heavy atom.